The van der Waals surface area contributed by atoms with E-state index in [1.54, 1.807) is 6.07 Å². The largest absolute Gasteiger partial charge is 0.418 e. The zero-order chi connectivity index (χ0) is 16.6. The Balaban J connectivity index is 2.09. The van der Waals surface area contributed by atoms with E-state index in [9.17, 15) is 13.2 Å². The number of hydrogen-bond donors (Lipinski definition) is 1. The fourth-order valence-electron chi connectivity index (χ4n) is 3.48. The van der Waals surface area contributed by atoms with Gasteiger partial charge in [-0.25, -0.2) is 4.68 Å². The first kappa shape index (κ1) is 16.1. The minimum atomic E-state index is -4.39. The molecule has 0 amide bonds. The van der Waals surface area contributed by atoms with Crippen LogP contribution in [0.2, 0.25) is 0 Å². The predicted molar refractivity (Wildman–Crippen MR) is 82.9 cm³/mol. The van der Waals surface area contributed by atoms with E-state index in [2.05, 4.69) is 10.4 Å². The summed E-state index contributed by atoms with van der Waals surface area (Å²) in [6, 6.07) is 5.60. The minimum absolute atomic E-state index is 0.0932. The number of alkyl halides is 3. The van der Waals surface area contributed by atoms with Crippen LogP contribution in [0.1, 0.15) is 41.3 Å². The van der Waals surface area contributed by atoms with Crippen LogP contribution in [0, 0.1) is 13.8 Å². The Labute approximate surface area is 133 Å². The Bertz CT molecular complexity index is 698. The molecule has 1 aromatic carbocycles. The van der Waals surface area contributed by atoms with Gasteiger partial charge < -0.3 is 5.32 Å². The number of benzene rings is 1. The molecule has 1 N–H and O–H groups in total. The lowest BCUT2D eigenvalue weighted by Crippen LogP contribution is -2.28. The van der Waals surface area contributed by atoms with Crippen molar-refractivity contribution in [1.29, 1.82) is 0 Å². The standard InChI is InChI=1S/C17H20F3N3/c1-11-16(13-6-5-9-21-10-13)12(2)23(22-11)15-8-4-3-7-14(15)17(18,19)20/h3-4,7-8,13,21H,5-6,9-10H2,1-2H3. The van der Waals surface area contributed by atoms with Gasteiger partial charge >= 0.3 is 6.18 Å². The van der Waals surface area contributed by atoms with Crippen LogP contribution in [0.3, 0.4) is 0 Å². The molecule has 3 nitrogen and oxygen atoms in total. The second kappa shape index (κ2) is 6.00. The van der Waals surface area contributed by atoms with Gasteiger partial charge in [-0.3, -0.25) is 0 Å². The van der Waals surface area contributed by atoms with E-state index < -0.39 is 11.7 Å². The van der Waals surface area contributed by atoms with Gasteiger partial charge in [-0.1, -0.05) is 12.1 Å². The van der Waals surface area contributed by atoms with Gasteiger partial charge in [0.25, 0.3) is 0 Å². The summed E-state index contributed by atoms with van der Waals surface area (Å²) in [6.07, 6.45) is -2.27. The molecule has 1 aromatic heterocycles. The normalized spacial score (nSPS) is 19.1. The molecule has 1 aliphatic rings. The monoisotopic (exact) mass is 323 g/mol. The van der Waals surface area contributed by atoms with Gasteiger partial charge in [0.2, 0.25) is 0 Å². The van der Waals surface area contributed by atoms with E-state index in [0.29, 0.717) is 5.92 Å². The minimum Gasteiger partial charge on any atom is -0.316 e. The molecule has 0 aliphatic carbocycles. The molecule has 2 heterocycles. The topological polar surface area (TPSA) is 29.9 Å². The van der Waals surface area contributed by atoms with Crippen molar-refractivity contribution in [2.45, 2.75) is 38.8 Å². The van der Waals surface area contributed by atoms with Crippen molar-refractivity contribution in [2.75, 3.05) is 13.1 Å². The SMILES string of the molecule is Cc1nn(-c2ccccc2C(F)(F)F)c(C)c1C1CCCNC1. The van der Waals surface area contributed by atoms with Gasteiger partial charge in [-0.2, -0.15) is 18.3 Å². The maximum absolute atomic E-state index is 13.3. The molecule has 0 radical (unpaired) electrons. The van der Waals surface area contributed by atoms with Crippen molar-refractivity contribution < 1.29 is 13.2 Å². The van der Waals surface area contributed by atoms with E-state index in [0.717, 1.165) is 48.9 Å². The van der Waals surface area contributed by atoms with Crippen LogP contribution >= 0.6 is 0 Å². The predicted octanol–water partition coefficient (Wildman–Crippen LogP) is 3.97. The number of piperidine rings is 1. The number of rotatable bonds is 2. The molecular weight excluding hydrogens is 303 g/mol. The lowest BCUT2D eigenvalue weighted by Gasteiger charge is -2.23. The summed E-state index contributed by atoms with van der Waals surface area (Å²) in [7, 11) is 0. The number of halogens is 3. The third-order valence-corrected chi connectivity index (χ3v) is 4.49. The molecule has 1 saturated heterocycles. The van der Waals surface area contributed by atoms with Gasteiger partial charge in [0, 0.05) is 23.7 Å². The first-order valence-electron chi connectivity index (χ1n) is 7.83. The lowest BCUT2D eigenvalue weighted by atomic mass is 9.90. The smallest absolute Gasteiger partial charge is 0.316 e. The zero-order valence-electron chi connectivity index (χ0n) is 13.2. The van der Waals surface area contributed by atoms with E-state index >= 15 is 0 Å². The molecular formula is C17H20F3N3. The van der Waals surface area contributed by atoms with Crippen LogP contribution in [0.4, 0.5) is 13.2 Å². The molecule has 1 unspecified atom stereocenters. The summed E-state index contributed by atoms with van der Waals surface area (Å²) < 4.78 is 41.3. The van der Waals surface area contributed by atoms with Crippen LogP contribution in [0.25, 0.3) is 5.69 Å². The summed E-state index contributed by atoms with van der Waals surface area (Å²) >= 11 is 0. The first-order chi connectivity index (χ1) is 10.9. The fraction of sp³-hybridized carbons (Fsp3) is 0.471. The second-order valence-electron chi connectivity index (χ2n) is 6.05. The average Bonchev–Trinajstić information content (AvgIpc) is 2.82. The molecule has 23 heavy (non-hydrogen) atoms. The van der Waals surface area contributed by atoms with Gasteiger partial charge in [0.15, 0.2) is 0 Å². The number of aryl methyl sites for hydroxylation is 1. The maximum atomic E-state index is 13.3. The lowest BCUT2D eigenvalue weighted by molar-refractivity contribution is -0.137. The van der Waals surface area contributed by atoms with Crippen LogP contribution in [-0.4, -0.2) is 22.9 Å². The number of aromatic nitrogens is 2. The molecule has 1 aliphatic heterocycles. The third kappa shape index (κ3) is 3.00. The summed E-state index contributed by atoms with van der Waals surface area (Å²) in [5.41, 5.74) is 2.13. The Morgan fingerprint density at radius 2 is 1.96 bits per heavy atom. The molecule has 2 aromatic rings. The summed E-state index contributed by atoms with van der Waals surface area (Å²) in [6.45, 7) is 5.59. The molecule has 0 bridgehead atoms. The van der Waals surface area contributed by atoms with Crippen molar-refractivity contribution in [3.63, 3.8) is 0 Å². The van der Waals surface area contributed by atoms with Gasteiger partial charge in [-0.05, 0) is 45.4 Å². The molecule has 6 heteroatoms. The van der Waals surface area contributed by atoms with Crippen LogP contribution in [0.15, 0.2) is 24.3 Å². The molecule has 124 valence electrons. The average molecular weight is 323 g/mol. The fourth-order valence-corrected chi connectivity index (χ4v) is 3.48. The Hall–Kier alpha value is -1.82. The van der Waals surface area contributed by atoms with Gasteiger partial charge in [0.1, 0.15) is 0 Å². The molecule has 1 atom stereocenters. The number of para-hydroxylation sites is 1. The van der Waals surface area contributed by atoms with E-state index in [1.165, 1.54) is 16.8 Å². The van der Waals surface area contributed by atoms with Gasteiger partial charge in [-0.15, -0.1) is 0 Å². The maximum Gasteiger partial charge on any atom is 0.418 e. The highest BCUT2D eigenvalue weighted by molar-refractivity contribution is 5.45. The highest BCUT2D eigenvalue weighted by Gasteiger charge is 2.35. The molecule has 0 spiro atoms. The molecule has 1 fully saturated rings. The number of hydrogen-bond acceptors (Lipinski definition) is 2. The van der Waals surface area contributed by atoms with E-state index in [-0.39, 0.29) is 5.69 Å². The number of nitrogens with zero attached hydrogens (tertiary/aromatic N) is 2. The molecule has 0 saturated carbocycles. The van der Waals surface area contributed by atoms with Crippen LogP contribution in [-0.2, 0) is 6.18 Å². The quantitative estimate of drug-likeness (QED) is 0.906. The van der Waals surface area contributed by atoms with Crippen molar-refractivity contribution in [3.05, 3.63) is 46.8 Å². The summed E-state index contributed by atoms with van der Waals surface area (Å²) in [5, 5.41) is 7.77. The van der Waals surface area contributed by atoms with Crippen LogP contribution in [0.5, 0.6) is 0 Å². The Kier molecular flexibility index (Phi) is 4.19. The first-order valence-corrected chi connectivity index (χ1v) is 7.83. The van der Waals surface area contributed by atoms with Crippen LogP contribution < -0.4 is 5.32 Å². The summed E-state index contributed by atoms with van der Waals surface area (Å²) in [4.78, 5) is 0. The van der Waals surface area contributed by atoms with E-state index in [1.807, 2.05) is 13.8 Å². The van der Waals surface area contributed by atoms with Crippen molar-refractivity contribution >= 4 is 0 Å². The highest BCUT2D eigenvalue weighted by Crippen LogP contribution is 2.36. The number of nitrogens with one attached hydrogen (secondary N) is 1. The second-order valence-corrected chi connectivity index (χ2v) is 6.05. The van der Waals surface area contributed by atoms with Crippen molar-refractivity contribution in [3.8, 4) is 5.69 Å². The van der Waals surface area contributed by atoms with Crippen molar-refractivity contribution in [2.24, 2.45) is 0 Å². The summed E-state index contributed by atoms with van der Waals surface area (Å²) in [5.74, 6) is 0.315. The third-order valence-electron chi connectivity index (χ3n) is 4.49. The Morgan fingerprint density at radius 1 is 1.22 bits per heavy atom. The Morgan fingerprint density at radius 3 is 2.61 bits per heavy atom. The van der Waals surface area contributed by atoms with Gasteiger partial charge in [0.05, 0.1) is 16.9 Å². The molecule has 3 rings (SSSR count). The van der Waals surface area contributed by atoms with Crippen molar-refractivity contribution in [1.82, 2.24) is 15.1 Å². The highest BCUT2D eigenvalue weighted by atomic mass is 19.4. The zero-order valence-corrected chi connectivity index (χ0v) is 13.2. The van der Waals surface area contributed by atoms with E-state index in [4.69, 9.17) is 0 Å².